The van der Waals surface area contributed by atoms with Gasteiger partial charge in [0.05, 0.1) is 12.8 Å². The molecule has 0 aromatic heterocycles. The van der Waals surface area contributed by atoms with Crippen LogP contribution in [0.25, 0.3) is 0 Å². The topological polar surface area (TPSA) is 89.0 Å². The number of hydrogen-bond acceptors (Lipinski definition) is 5. The average molecular weight is 502 g/mol. The molecule has 37 heavy (non-hydrogen) atoms. The molecule has 2 N–H and O–H groups in total. The lowest BCUT2D eigenvalue weighted by Crippen LogP contribution is -2.48. The summed E-state index contributed by atoms with van der Waals surface area (Å²) < 4.78 is 11.7. The highest BCUT2D eigenvalue weighted by Crippen LogP contribution is 2.29. The Bertz CT molecular complexity index is 1220. The number of nitrogens with one attached hydrogen (secondary N) is 2. The second-order valence-corrected chi connectivity index (χ2v) is 9.21. The Morgan fingerprint density at radius 3 is 2.16 bits per heavy atom. The van der Waals surface area contributed by atoms with Crippen LogP contribution in [0.15, 0.2) is 71.8 Å². The van der Waals surface area contributed by atoms with Gasteiger partial charge < -0.3 is 14.8 Å². The molecule has 0 saturated heterocycles. The van der Waals surface area contributed by atoms with E-state index in [0.717, 1.165) is 16.7 Å². The Hall–Kier alpha value is -4.13. The van der Waals surface area contributed by atoms with Crippen molar-refractivity contribution < 1.29 is 19.1 Å². The first kappa shape index (κ1) is 27.5. The van der Waals surface area contributed by atoms with E-state index in [1.807, 2.05) is 89.2 Å². The maximum absolute atomic E-state index is 12.8. The number of rotatable bonds is 11. The third kappa shape index (κ3) is 8.20. The number of amides is 2. The molecule has 0 aliphatic carbocycles. The molecule has 7 heteroatoms. The Kier molecular flexibility index (Phi) is 9.84. The number of carbonyl (C=O) groups excluding carboxylic acids is 2. The lowest BCUT2D eigenvalue weighted by Gasteiger charge is -2.20. The van der Waals surface area contributed by atoms with Crippen LogP contribution in [-0.2, 0) is 11.4 Å². The molecule has 0 heterocycles. The zero-order valence-corrected chi connectivity index (χ0v) is 22.1. The summed E-state index contributed by atoms with van der Waals surface area (Å²) in [4.78, 5) is 25.4. The summed E-state index contributed by atoms with van der Waals surface area (Å²) in [6.07, 6.45) is 1.53. The van der Waals surface area contributed by atoms with E-state index >= 15 is 0 Å². The molecule has 3 aromatic carbocycles. The third-order valence-electron chi connectivity index (χ3n) is 5.72. The molecule has 7 nitrogen and oxygen atoms in total. The minimum Gasteiger partial charge on any atom is -0.490 e. The van der Waals surface area contributed by atoms with Crippen molar-refractivity contribution in [1.29, 1.82) is 0 Å². The fourth-order valence-corrected chi connectivity index (χ4v) is 3.54. The van der Waals surface area contributed by atoms with Crippen molar-refractivity contribution in [2.45, 2.75) is 47.3 Å². The number of nitrogens with zero attached hydrogens (tertiary/aromatic N) is 1. The summed E-state index contributed by atoms with van der Waals surface area (Å²) in [7, 11) is 0. The standard InChI is InChI=1S/C30H35N3O4/c1-6-36-27-17-24(13-16-26(27)37-19-23-11-7-21(4)8-12-23)18-31-33-30(35)28(20(2)3)32-29(34)25-14-9-22(5)10-15-25/h7-18,20,28H,6,19H2,1-5H3,(H,32,34)(H,33,35). The molecule has 1 atom stereocenters. The van der Waals surface area contributed by atoms with Crippen molar-refractivity contribution in [1.82, 2.24) is 10.7 Å². The first-order valence-electron chi connectivity index (χ1n) is 12.4. The lowest BCUT2D eigenvalue weighted by molar-refractivity contribution is -0.123. The first-order valence-corrected chi connectivity index (χ1v) is 12.4. The van der Waals surface area contributed by atoms with Gasteiger partial charge in [-0.2, -0.15) is 5.10 Å². The van der Waals surface area contributed by atoms with Crippen molar-refractivity contribution in [3.8, 4) is 11.5 Å². The Morgan fingerprint density at radius 1 is 0.892 bits per heavy atom. The lowest BCUT2D eigenvalue weighted by atomic mass is 10.0. The molecule has 0 radical (unpaired) electrons. The van der Waals surface area contributed by atoms with Gasteiger partial charge in [-0.3, -0.25) is 9.59 Å². The van der Waals surface area contributed by atoms with Crippen LogP contribution >= 0.6 is 0 Å². The molecule has 2 amide bonds. The van der Waals surface area contributed by atoms with Crippen LogP contribution in [0.1, 0.15) is 53.4 Å². The highest BCUT2D eigenvalue weighted by atomic mass is 16.5. The Labute approximate surface area is 218 Å². The van der Waals surface area contributed by atoms with Gasteiger partial charge in [-0.1, -0.05) is 61.4 Å². The smallest absolute Gasteiger partial charge is 0.262 e. The molecular formula is C30H35N3O4. The molecule has 0 bridgehead atoms. The van der Waals surface area contributed by atoms with Gasteiger partial charge in [0.15, 0.2) is 11.5 Å². The van der Waals surface area contributed by atoms with Crippen LogP contribution in [0.4, 0.5) is 0 Å². The summed E-state index contributed by atoms with van der Waals surface area (Å²) in [5.41, 5.74) is 7.09. The molecule has 3 rings (SSSR count). The van der Waals surface area contributed by atoms with Crippen LogP contribution in [0.2, 0.25) is 0 Å². The SMILES string of the molecule is CCOc1cc(C=NNC(=O)C(NC(=O)c2ccc(C)cc2)C(C)C)ccc1OCc1ccc(C)cc1. The van der Waals surface area contributed by atoms with Gasteiger partial charge in [0.2, 0.25) is 0 Å². The van der Waals surface area contributed by atoms with Crippen molar-refractivity contribution in [2.75, 3.05) is 6.61 Å². The second-order valence-electron chi connectivity index (χ2n) is 9.21. The molecule has 0 saturated carbocycles. The van der Waals surface area contributed by atoms with Gasteiger partial charge in [0.25, 0.3) is 11.8 Å². The highest BCUT2D eigenvalue weighted by Gasteiger charge is 2.24. The van der Waals surface area contributed by atoms with Gasteiger partial charge in [-0.05, 0) is 68.1 Å². The van der Waals surface area contributed by atoms with Crippen LogP contribution in [0.3, 0.4) is 0 Å². The number of ether oxygens (including phenoxy) is 2. The molecule has 0 spiro atoms. The highest BCUT2D eigenvalue weighted by molar-refractivity contribution is 5.97. The van der Waals surface area contributed by atoms with E-state index in [1.165, 1.54) is 11.8 Å². The van der Waals surface area contributed by atoms with Crippen molar-refractivity contribution >= 4 is 18.0 Å². The summed E-state index contributed by atoms with van der Waals surface area (Å²) in [6.45, 7) is 10.5. The maximum atomic E-state index is 12.8. The van der Waals surface area contributed by atoms with E-state index in [1.54, 1.807) is 12.1 Å². The van der Waals surface area contributed by atoms with Crippen molar-refractivity contribution in [3.63, 3.8) is 0 Å². The summed E-state index contributed by atoms with van der Waals surface area (Å²) in [5, 5.41) is 6.90. The summed E-state index contributed by atoms with van der Waals surface area (Å²) >= 11 is 0. The minimum atomic E-state index is -0.734. The van der Waals surface area contributed by atoms with Gasteiger partial charge in [0.1, 0.15) is 12.6 Å². The fourth-order valence-electron chi connectivity index (χ4n) is 3.54. The zero-order valence-electron chi connectivity index (χ0n) is 22.1. The van der Waals surface area contributed by atoms with Gasteiger partial charge >= 0.3 is 0 Å². The van der Waals surface area contributed by atoms with Crippen LogP contribution in [0, 0.1) is 19.8 Å². The van der Waals surface area contributed by atoms with E-state index < -0.39 is 11.9 Å². The first-order chi connectivity index (χ1) is 17.8. The van der Waals surface area contributed by atoms with Crippen LogP contribution in [-0.4, -0.2) is 30.7 Å². The van der Waals surface area contributed by atoms with E-state index in [2.05, 4.69) is 15.8 Å². The molecule has 3 aromatic rings. The number of aryl methyl sites for hydroxylation is 2. The molecule has 0 fully saturated rings. The predicted molar refractivity (Wildman–Crippen MR) is 146 cm³/mol. The number of benzene rings is 3. The van der Waals surface area contributed by atoms with Gasteiger partial charge in [-0.15, -0.1) is 0 Å². The number of carbonyl (C=O) groups is 2. The van der Waals surface area contributed by atoms with Gasteiger partial charge in [-0.25, -0.2) is 5.43 Å². The molecule has 1 unspecified atom stereocenters. The van der Waals surface area contributed by atoms with Crippen LogP contribution in [0.5, 0.6) is 11.5 Å². The fraction of sp³-hybridized carbons (Fsp3) is 0.300. The van der Waals surface area contributed by atoms with E-state index in [0.29, 0.717) is 30.3 Å². The number of hydrazone groups is 1. The Balaban J connectivity index is 1.62. The predicted octanol–water partition coefficient (Wildman–Crippen LogP) is 5.19. The summed E-state index contributed by atoms with van der Waals surface area (Å²) in [6, 6.07) is 20.1. The zero-order chi connectivity index (χ0) is 26.8. The van der Waals surface area contributed by atoms with E-state index in [9.17, 15) is 9.59 Å². The minimum absolute atomic E-state index is 0.126. The quantitative estimate of drug-likeness (QED) is 0.280. The van der Waals surface area contributed by atoms with Crippen molar-refractivity contribution in [3.05, 3.63) is 94.5 Å². The summed E-state index contributed by atoms with van der Waals surface area (Å²) in [5.74, 6) is 0.395. The third-order valence-corrected chi connectivity index (χ3v) is 5.72. The number of hydrogen-bond donors (Lipinski definition) is 2. The maximum Gasteiger partial charge on any atom is 0.262 e. The largest absolute Gasteiger partial charge is 0.490 e. The normalized spacial score (nSPS) is 11.8. The molecule has 0 aliphatic rings. The molecule has 0 aliphatic heterocycles. The second kappa shape index (κ2) is 13.3. The van der Waals surface area contributed by atoms with Gasteiger partial charge in [0, 0.05) is 5.56 Å². The van der Waals surface area contributed by atoms with Crippen molar-refractivity contribution in [2.24, 2.45) is 11.0 Å². The molecular weight excluding hydrogens is 466 g/mol. The molecule has 194 valence electrons. The monoisotopic (exact) mass is 501 g/mol. The van der Waals surface area contributed by atoms with Crippen LogP contribution < -0.4 is 20.2 Å². The van der Waals surface area contributed by atoms with E-state index in [4.69, 9.17) is 9.47 Å². The Morgan fingerprint density at radius 2 is 1.54 bits per heavy atom. The average Bonchev–Trinajstić information content (AvgIpc) is 2.88. The van der Waals surface area contributed by atoms with E-state index in [-0.39, 0.29) is 11.8 Å².